The standard InChI is InChI=1S/C29H35N3O3S/c1-23-14-15-27(18-24(23)2)32(36(34,35)28-12-5-3-6-13-28)22-29(33)30-20-25-10-9-11-26(19-25)21-31-16-7-4-8-17-31/h3,5-6,9-15,18-19H,4,7-8,16-17,20-22H2,1-2H3,(H,30,33). The van der Waals surface area contributed by atoms with Crippen molar-refractivity contribution in [2.45, 2.75) is 51.1 Å². The van der Waals surface area contributed by atoms with E-state index < -0.39 is 10.0 Å². The number of carbonyl (C=O) groups excluding carboxylic acids is 1. The van der Waals surface area contributed by atoms with Gasteiger partial charge in [0.1, 0.15) is 6.54 Å². The number of carbonyl (C=O) groups is 1. The van der Waals surface area contributed by atoms with Gasteiger partial charge in [-0.25, -0.2) is 8.42 Å². The Kier molecular flexibility index (Phi) is 8.44. The number of aryl methyl sites for hydroxylation is 2. The van der Waals surface area contributed by atoms with Crippen LogP contribution < -0.4 is 9.62 Å². The van der Waals surface area contributed by atoms with Gasteiger partial charge in [0, 0.05) is 13.1 Å². The van der Waals surface area contributed by atoms with Gasteiger partial charge < -0.3 is 5.32 Å². The average molecular weight is 506 g/mol. The van der Waals surface area contributed by atoms with Gasteiger partial charge in [-0.1, -0.05) is 55.0 Å². The molecule has 1 saturated heterocycles. The predicted molar refractivity (Wildman–Crippen MR) is 144 cm³/mol. The molecule has 0 saturated carbocycles. The van der Waals surface area contributed by atoms with Crippen LogP contribution in [-0.4, -0.2) is 38.9 Å². The predicted octanol–water partition coefficient (Wildman–Crippen LogP) is 4.80. The molecule has 1 heterocycles. The smallest absolute Gasteiger partial charge is 0.264 e. The molecular formula is C29H35N3O3S. The molecule has 1 aliphatic heterocycles. The van der Waals surface area contributed by atoms with E-state index in [1.807, 2.05) is 38.1 Å². The van der Waals surface area contributed by atoms with Crippen LogP contribution in [0.3, 0.4) is 0 Å². The molecule has 36 heavy (non-hydrogen) atoms. The Morgan fingerprint density at radius 3 is 2.31 bits per heavy atom. The highest BCUT2D eigenvalue weighted by atomic mass is 32.2. The van der Waals surface area contributed by atoms with Crippen molar-refractivity contribution in [1.29, 1.82) is 0 Å². The molecule has 1 fully saturated rings. The van der Waals surface area contributed by atoms with Gasteiger partial charge in [0.15, 0.2) is 0 Å². The second kappa shape index (κ2) is 11.7. The van der Waals surface area contributed by atoms with Crippen LogP contribution in [0.15, 0.2) is 77.7 Å². The molecular weight excluding hydrogens is 470 g/mol. The van der Waals surface area contributed by atoms with Crippen LogP contribution in [0.25, 0.3) is 0 Å². The molecule has 190 valence electrons. The van der Waals surface area contributed by atoms with Crippen LogP contribution >= 0.6 is 0 Å². The zero-order valence-corrected chi connectivity index (χ0v) is 21.9. The molecule has 7 heteroatoms. The van der Waals surface area contributed by atoms with E-state index in [1.165, 1.54) is 29.1 Å². The highest BCUT2D eigenvalue weighted by Gasteiger charge is 2.27. The van der Waals surface area contributed by atoms with Crippen LogP contribution in [0, 0.1) is 13.8 Å². The SMILES string of the molecule is Cc1ccc(N(CC(=O)NCc2cccc(CN3CCCCC3)c2)S(=O)(=O)c2ccccc2)cc1C. The average Bonchev–Trinajstić information content (AvgIpc) is 2.89. The largest absolute Gasteiger partial charge is 0.350 e. The summed E-state index contributed by atoms with van der Waals surface area (Å²) in [7, 11) is -3.92. The van der Waals surface area contributed by atoms with Crippen LogP contribution in [0.4, 0.5) is 5.69 Å². The Bertz CT molecular complexity index is 1290. The molecule has 0 radical (unpaired) electrons. The maximum atomic E-state index is 13.5. The molecule has 0 atom stereocenters. The number of sulfonamides is 1. The monoisotopic (exact) mass is 505 g/mol. The van der Waals surface area contributed by atoms with Gasteiger partial charge in [-0.05, 0) is 86.3 Å². The van der Waals surface area contributed by atoms with Crippen molar-refractivity contribution >= 4 is 21.6 Å². The molecule has 6 nitrogen and oxygen atoms in total. The summed E-state index contributed by atoms with van der Waals surface area (Å²) >= 11 is 0. The molecule has 1 amide bonds. The lowest BCUT2D eigenvalue weighted by molar-refractivity contribution is -0.119. The Morgan fingerprint density at radius 1 is 0.861 bits per heavy atom. The maximum Gasteiger partial charge on any atom is 0.264 e. The summed E-state index contributed by atoms with van der Waals surface area (Å²) in [5.41, 5.74) is 4.73. The van der Waals surface area contributed by atoms with Crippen molar-refractivity contribution in [2.24, 2.45) is 0 Å². The first kappa shape index (κ1) is 25.9. The Labute approximate surface area is 215 Å². The van der Waals surface area contributed by atoms with Gasteiger partial charge in [0.2, 0.25) is 5.91 Å². The topological polar surface area (TPSA) is 69.7 Å². The molecule has 0 bridgehead atoms. The summed E-state index contributed by atoms with van der Waals surface area (Å²) in [5, 5.41) is 2.92. The molecule has 3 aromatic carbocycles. The third-order valence-electron chi connectivity index (χ3n) is 6.73. The van der Waals surface area contributed by atoms with Gasteiger partial charge in [-0.2, -0.15) is 0 Å². The number of piperidine rings is 1. The number of hydrogen-bond donors (Lipinski definition) is 1. The second-order valence-electron chi connectivity index (χ2n) is 9.53. The molecule has 3 aromatic rings. The number of anilines is 1. The number of benzene rings is 3. The van der Waals surface area contributed by atoms with Crippen LogP contribution in [0.5, 0.6) is 0 Å². The number of rotatable bonds is 9. The minimum atomic E-state index is -3.92. The van der Waals surface area contributed by atoms with E-state index in [0.29, 0.717) is 12.2 Å². The zero-order chi connectivity index (χ0) is 25.5. The van der Waals surface area contributed by atoms with E-state index in [-0.39, 0.29) is 17.3 Å². The quantitative estimate of drug-likeness (QED) is 0.454. The molecule has 0 unspecified atom stereocenters. The van der Waals surface area contributed by atoms with Crippen molar-refractivity contribution in [3.8, 4) is 0 Å². The normalized spacial score (nSPS) is 14.4. The van der Waals surface area contributed by atoms with Gasteiger partial charge >= 0.3 is 0 Å². The maximum absolute atomic E-state index is 13.5. The van der Waals surface area contributed by atoms with Crippen LogP contribution in [-0.2, 0) is 27.9 Å². The number of nitrogens with one attached hydrogen (secondary N) is 1. The van der Waals surface area contributed by atoms with E-state index in [2.05, 4.69) is 22.3 Å². The molecule has 1 N–H and O–H groups in total. The fourth-order valence-corrected chi connectivity index (χ4v) is 5.95. The molecule has 1 aliphatic rings. The first-order valence-electron chi connectivity index (χ1n) is 12.5. The van der Waals surface area contributed by atoms with Crippen molar-refractivity contribution < 1.29 is 13.2 Å². The first-order chi connectivity index (χ1) is 17.3. The third kappa shape index (κ3) is 6.53. The number of likely N-dealkylation sites (tertiary alicyclic amines) is 1. The minimum absolute atomic E-state index is 0.154. The summed E-state index contributed by atoms with van der Waals surface area (Å²) in [6, 6.07) is 21.9. The van der Waals surface area contributed by atoms with Crippen molar-refractivity contribution in [1.82, 2.24) is 10.2 Å². The van der Waals surface area contributed by atoms with Crippen LogP contribution in [0.1, 0.15) is 41.5 Å². The molecule has 0 aromatic heterocycles. The highest BCUT2D eigenvalue weighted by molar-refractivity contribution is 7.92. The van der Waals surface area contributed by atoms with Crippen molar-refractivity contribution in [3.05, 3.63) is 95.1 Å². The molecule has 0 spiro atoms. The summed E-state index contributed by atoms with van der Waals surface area (Å²) in [6.07, 6.45) is 3.80. The Hall–Kier alpha value is -3.16. The van der Waals surface area contributed by atoms with E-state index in [4.69, 9.17) is 0 Å². The summed E-state index contributed by atoms with van der Waals surface area (Å²) in [5.74, 6) is -0.353. The fraction of sp³-hybridized carbons (Fsp3) is 0.345. The third-order valence-corrected chi connectivity index (χ3v) is 8.52. The number of amides is 1. The minimum Gasteiger partial charge on any atom is -0.350 e. The van der Waals surface area contributed by atoms with Gasteiger partial charge in [0.05, 0.1) is 10.6 Å². The van der Waals surface area contributed by atoms with Gasteiger partial charge in [-0.15, -0.1) is 0 Å². The summed E-state index contributed by atoms with van der Waals surface area (Å²) < 4.78 is 28.2. The highest BCUT2D eigenvalue weighted by Crippen LogP contribution is 2.25. The number of hydrogen-bond acceptors (Lipinski definition) is 4. The van der Waals surface area contributed by atoms with Crippen molar-refractivity contribution in [2.75, 3.05) is 23.9 Å². The van der Waals surface area contributed by atoms with Crippen LogP contribution in [0.2, 0.25) is 0 Å². The molecule has 0 aliphatic carbocycles. The number of nitrogens with zero attached hydrogens (tertiary/aromatic N) is 2. The molecule has 4 rings (SSSR count). The lowest BCUT2D eigenvalue weighted by Gasteiger charge is -2.26. The first-order valence-corrected chi connectivity index (χ1v) is 14.0. The van der Waals surface area contributed by atoms with E-state index in [9.17, 15) is 13.2 Å². The van der Waals surface area contributed by atoms with E-state index in [1.54, 1.807) is 36.4 Å². The van der Waals surface area contributed by atoms with Crippen molar-refractivity contribution in [3.63, 3.8) is 0 Å². The summed E-state index contributed by atoms with van der Waals surface area (Å²) in [4.78, 5) is 15.6. The van der Waals surface area contributed by atoms with Gasteiger partial charge in [-0.3, -0.25) is 14.0 Å². The zero-order valence-electron chi connectivity index (χ0n) is 21.1. The lowest BCUT2D eigenvalue weighted by Crippen LogP contribution is -2.40. The second-order valence-corrected chi connectivity index (χ2v) is 11.4. The Morgan fingerprint density at radius 2 is 1.58 bits per heavy atom. The summed E-state index contributed by atoms with van der Waals surface area (Å²) in [6.45, 7) is 7.13. The van der Waals surface area contributed by atoms with Gasteiger partial charge in [0.25, 0.3) is 10.0 Å². The fourth-order valence-electron chi connectivity index (χ4n) is 4.52. The Balaban J connectivity index is 1.47. The van der Waals surface area contributed by atoms with E-state index >= 15 is 0 Å². The lowest BCUT2D eigenvalue weighted by atomic mass is 10.1. The van der Waals surface area contributed by atoms with E-state index in [0.717, 1.165) is 36.3 Å².